The number of carbonyl (C=O) groups is 1. The first-order chi connectivity index (χ1) is 13.0. The molecule has 0 bridgehead atoms. The van der Waals surface area contributed by atoms with Crippen molar-refractivity contribution < 1.29 is 9.90 Å². The molecule has 0 radical (unpaired) electrons. The van der Waals surface area contributed by atoms with Crippen LogP contribution in [-0.4, -0.2) is 73.7 Å². The Bertz CT molecular complexity index is 646. The summed E-state index contributed by atoms with van der Waals surface area (Å²) in [6.07, 6.45) is 5.10. The van der Waals surface area contributed by atoms with Gasteiger partial charge in [0.1, 0.15) is 0 Å². The molecule has 2 saturated heterocycles. The van der Waals surface area contributed by atoms with Gasteiger partial charge in [-0.3, -0.25) is 4.79 Å². The van der Waals surface area contributed by atoms with E-state index in [0.29, 0.717) is 22.5 Å². The molecule has 0 saturated carbocycles. The number of halogens is 1. The zero-order valence-corrected chi connectivity index (χ0v) is 17.3. The van der Waals surface area contributed by atoms with Crippen LogP contribution in [0.4, 0.5) is 5.69 Å². The molecule has 27 heavy (non-hydrogen) atoms. The Morgan fingerprint density at radius 3 is 2.63 bits per heavy atom. The Kier molecular flexibility index (Phi) is 7.01. The molecule has 2 fully saturated rings. The minimum absolute atomic E-state index is 0.0658. The van der Waals surface area contributed by atoms with E-state index in [0.717, 1.165) is 51.1 Å². The summed E-state index contributed by atoms with van der Waals surface area (Å²) >= 11 is 6.51. The molecule has 150 valence electrons. The third-order valence-corrected chi connectivity index (χ3v) is 6.32. The monoisotopic (exact) mass is 393 g/mol. The quantitative estimate of drug-likeness (QED) is 0.806. The van der Waals surface area contributed by atoms with Gasteiger partial charge in [-0.25, -0.2) is 0 Å². The summed E-state index contributed by atoms with van der Waals surface area (Å²) in [7, 11) is 4.20. The zero-order chi connectivity index (χ0) is 19.4. The normalized spacial score (nSPS) is 23.3. The first-order valence-corrected chi connectivity index (χ1v) is 10.5. The van der Waals surface area contributed by atoms with Crippen molar-refractivity contribution in [2.24, 2.45) is 5.92 Å². The van der Waals surface area contributed by atoms with Crippen molar-refractivity contribution in [1.82, 2.24) is 9.80 Å². The predicted octanol–water partition coefficient (Wildman–Crippen LogP) is 3.11. The lowest BCUT2D eigenvalue weighted by atomic mass is 9.87. The van der Waals surface area contributed by atoms with Crippen LogP contribution < -0.4 is 4.90 Å². The molecule has 6 heteroatoms. The van der Waals surface area contributed by atoms with E-state index < -0.39 is 0 Å². The molecule has 0 aliphatic carbocycles. The van der Waals surface area contributed by atoms with Crippen LogP contribution in [-0.2, 0) is 0 Å². The van der Waals surface area contributed by atoms with Gasteiger partial charge in [-0.05, 0) is 70.3 Å². The Hall–Kier alpha value is -1.30. The molecule has 1 amide bonds. The van der Waals surface area contributed by atoms with Crippen molar-refractivity contribution in [3.05, 3.63) is 28.8 Å². The summed E-state index contributed by atoms with van der Waals surface area (Å²) in [5.74, 6) is 0.459. The number of rotatable bonds is 6. The second-order valence-electron chi connectivity index (χ2n) is 8.06. The van der Waals surface area contributed by atoms with E-state index in [-0.39, 0.29) is 12.5 Å². The number of amides is 1. The maximum absolute atomic E-state index is 13.1. The van der Waals surface area contributed by atoms with Crippen molar-refractivity contribution in [1.29, 1.82) is 0 Å². The molecule has 0 spiro atoms. The van der Waals surface area contributed by atoms with Crippen molar-refractivity contribution in [2.75, 3.05) is 51.8 Å². The summed E-state index contributed by atoms with van der Waals surface area (Å²) < 4.78 is 0. The van der Waals surface area contributed by atoms with E-state index >= 15 is 0 Å². The largest absolute Gasteiger partial charge is 0.396 e. The van der Waals surface area contributed by atoms with Crippen molar-refractivity contribution in [2.45, 2.75) is 38.1 Å². The van der Waals surface area contributed by atoms with E-state index in [4.69, 9.17) is 11.6 Å². The Balaban J connectivity index is 1.70. The predicted molar refractivity (Wildman–Crippen MR) is 111 cm³/mol. The highest BCUT2D eigenvalue weighted by molar-refractivity contribution is 6.33. The van der Waals surface area contributed by atoms with Gasteiger partial charge in [-0.2, -0.15) is 0 Å². The average Bonchev–Trinajstić information content (AvgIpc) is 3.19. The highest BCUT2D eigenvalue weighted by atomic mass is 35.5. The second kappa shape index (κ2) is 9.26. The van der Waals surface area contributed by atoms with Crippen LogP contribution in [0.3, 0.4) is 0 Å². The first-order valence-electron chi connectivity index (χ1n) is 10.1. The molecule has 2 aliphatic heterocycles. The molecule has 0 unspecified atom stereocenters. The lowest BCUT2D eigenvalue weighted by Crippen LogP contribution is -2.50. The minimum atomic E-state index is 0.0658. The van der Waals surface area contributed by atoms with Gasteiger partial charge >= 0.3 is 0 Å². The van der Waals surface area contributed by atoms with E-state index in [1.54, 1.807) is 0 Å². The van der Waals surface area contributed by atoms with Gasteiger partial charge in [-0.15, -0.1) is 0 Å². The zero-order valence-electron chi connectivity index (χ0n) is 16.5. The van der Waals surface area contributed by atoms with E-state index in [9.17, 15) is 9.90 Å². The van der Waals surface area contributed by atoms with Crippen LogP contribution >= 0.6 is 11.6 Å². The SMILES string of the molecule is CN(C)[C@H]1CCN(C(=O)c2ccc(N3CCCC3)c(Cl)c2)C[C@H]1CCCO. The molecule has 1 aromatic rings. The third kappa shape index (κ3) is 4.76. The number of benzene rings is 1. The smallest absolute Gasteiger partial charge is 0.253 e. The number of hydrogen-bond donors (Lipinski definition) is 1. The number of aliphatic hydroxyl groups is 1. The highest BCUT2D eigenvalue weighted by Gasteiger charge is 2.32. The molecular weight excluding hydrogens is 362 g/mol. The van der Waals surface area contributed by atoms with E-state index in [2.05, 4.69) is 23.9 Å². The number of aliphatic hydroxyl groups excluding tert-OH is 1. The van der Waals surface area contributed by atoms with Gasteiger partial charge in [0.05, 0.1) is 10.7 Å². The maximum atomic E-state index is 13.1. The molecular formula is C21H32ClN3O2. The summed E-state index contributed by atoms with van der Waals surface area (Å²) in [6, 6.07) is 6.21. The average molecular weight is 394 g/mol. The van der Waals surface area contributed by atoms with Crippen LogP contribution in [0.5, 0.6) is 0 Å². The standard InChI is InChI=1S/C21H32ClN3O2/c1-23(2)19-9-12-25(15-17(19)6-5-13-26)21(27)16-7-8-20(18(22)14-16)24-10-3-4-11-24/h7-8,14,17,19,26H,3-6,9-13,15H2,1-2H3/t17-,19+/m1/s1. The van der Waals surface area contributed by atoms with Gasteiger partial charge in [0.2, 0.25) is 0 Å². The van der Waals surface area contributed by atoms with Crippen molar-refractivity contribution in [3.63, 3.8) is 0 Å². The van der Waals surface area contributed by atoms with Crippen LogP contribution in [0.25, 0.3) is 0 Å². The Labute approximate surface area is 167 Å². The fraction of sp³-hybridized carbons (Fsp3) is 0.667. The number of anilines is 1. The molecule has 1 N–H and O–H groups in total. The number of likely N-dealkylation sites (tertiary alicyclic amines) is 1. The summed E-state index contributed by atoms with van der Waals surface area (Å²) in [6.45, 7) is 3.79. The number of piperidine rings is 1. The Morgan fingerprint density at radius 1 is 1.26 bits per heavy atom. The van der Waals surface area contributed by atoms with E-state index in [1.165, 1.54) is 12.8 Å². The van der Waals surface area contributed by atoms with E-state index in [1.807, 2.05) is 23.1 Å². The van der Waals surface area contributed by atoms with Crippen LogP contribution in [0, 0.1) is 5.92 Å². The van der Waals surface area contributed by atoms with Crippen LogP contribution in [0.15, 0.2) is 18.2 Å². The fourth-order valence-corrected chi connectivity index (χ4v) is 4.86. The Morgan fingerprint density at radius 2 is 2.00 bits per heavy atom. The van der Waals surface area contributed by atoms with Crippen molar-refractivity contribution in [3.8, 4) is 0 Å². The lowest BCUT2D eigenvalue weighted by Gasteiger charge is -2.41. The molecule has 1 aromatic carbocycles. The van der Waals surface area contributed by atoms with Crippen LogP contribution in [0.1, 0.15) is 42.5 Å². The third-order valence-electron chi connectivity index (χ3n) is 6.02. The van der Waals surface area contributed by atoms with Gasteiger partial charge in [-0.1, -0.05) is 11.6 Å². The second-order valence-corrected chi connectivity index (χ2v) is 8.46. The summed E-state index contributed by atoms with van der Waals surface area (Å²) in [4.78, 5) is 19.6. The number of nitrogens with zero attached hydrogens (tertiary/aromatic N) is 3. The summed E-state index contributed by atoms with van der Waals surface area (Å²) in [5.41, 5.74) is 1.71. The molecule has 2 atom stereocenters. The van der Waals surface area contributed by atoms with Gasteiger partial charge in [0.25, 0.3) is 5.91 Å². The molecule has 0 aromatic heterocycles. The summed E-state index contributed by atoms with van der Waals surface area (Å²) in [5, 5.41) is 9.88. The molecule has 5 nitrogen and oxygen atoms in total. The lowest BCUT2D eigenvalue weighted by molar-refractivity contribution is 0.0495. The molecule has 3 rings (SSSR count). The van der Waals surface area contributed by atoms with Gasteiger partial charge < -0.3 is 19.8 Å². The van der Waals surface area contributed by atoms with Crippen LogP contribution in [0.2, 0.25) is 5.02 Å². The molecule has 2 heterocycles. The first kappa shape index (κ1) is 20.4. The number of carbonyl (C=O) groups excluding carboxylic acids is 1. The minimum Gasteiger partial charge on any atom is -0.396 e. The van der Waals surface area contributed by atoms with Gasteiger partial charge in [0.15, 0.2) is 0 Å². The topological polar surface area (TPSA) is 47.0 Å². The fourth-order valence-electron chi connectivity index (χ4n) is 4.56. The molecule has 2 aliphatic rings. The highest BCUT2D eigenvalue weighted by Crippen LogP contribution is 2.31. The van der Waals surface area contributed by atoms with Crippen molar-refractivity contribution >= 4 is 23.2 Å². The number of hydrogen-bond acceptors (Lipinski definition) is 4. The van der Waals surface area contributed by atoms with Gasteiger partial charge in [0, 0.05) is 44.4 Å². The maximum Gasteiger partial charge on any atom is 0.253 e.